The molecule has 0 spiro atoms. The van der Waals surface area contributed by atoms with Crippen molar-refractivity contribution < 1.29 is 9.26 Å². The van der Waals surface area contributed by atoms with E-state index in [2.05, 4.69) is 10.5 Å². The zero-order valence-corrected chi connectivity index (χ0v) is 8.45. The Kier molecular flexibility index (Phi) is 5.21. The molecule has 0 amide bonds. The van der Waals surface area contributed by atoms with E-state index < -0.39 is 0 Å². The number of aromatic nitrogens is 1. The number of nitrogens with zero attached hydrogens (tertiary/aromatic N) is 1. The molecular weight excluding hydrogens is 182 g/mol. The van der Waals surface area contributed by atoms with E-state index in [9.17, 15) is 0 Å². The highest BCUT2D eigenvalue weighted by Gasteiger charge is 2.02. The van der Waals surface area contributed by atoms with Crippen LogP contribution in [0.3, 0.4) is 0 Å². The third-order valence-electron chi connectivity index (χ3n) is 1.76. The standard InChI is InChI=1S/C9H17N3O2/c1-13-7-9-5-8(12-14-9)6-11-4-2-3-10/h5,11H,2-4,6-7,10H2,1H3. The summed E-state index contributed by atoms with van der Waals surface area (Å²) in [4.78, 5) is 0. The molecule has 0 bridgehead atoms. The third-order valence-corrected chi connectivity index (χ3v) is 1.76. The van der Waals surface area contributed by atoms with Gasteiger partial charge in [0.15, 0.2) is 5.76 Å². The summed E-state index contributed by atoms with van der Waals surface area (Å²) in [6.45, 7) is 2.80. The quantitative estimate of drug-likeness (QED) is 0.616. The number of ether oxygens (including phenoxy) is 1. The van der Waals surface area contributed by atoms with Crippen LogP contribution in [0.5, 0.6) is 0 Å². The lowest BCUT2D eigenvalue weighted by atomic mass is 10.3. The molecule has 0 saturated heterocycles. The first-order chi connectivity index (χ1) is 6.86. The van der Waals surface area contributed by atoms with Crippen LogP contribution in [0.4, 0.5) is 0 Å². The second-order valence-electron chi connectivity index (χ2n) is 3.04. The summed E-state index contributed by atoms with van der Waals surface area (Å²) in [5.74, 6) is 0.753. The first-order valence-electron chi connectivity index (χ1n) is 4.71. The molecule has 1 aromatic heterocycles. The summed E-state index contributed by atoms with van der Waals surface area (Å²) in [5.41, 5.74) is 6.26. The highest BCUT2D eigenvalue weighted by Crippen LogP contribution is 2.03. The smallest absolute Gasteiger partial charge is 0.162 e. The molecule has 0 aliphatic heterocycles. The lowest BCUT2D eigenvalue weighted by molar-refractivity contribution is 0.155. The van der Waals surface area contributed by atoms with E-state index in [1.54, 1.807) is 7.11 Å². The minimum absolute atomic E-state index is 0.468. The first kappa shape index (κ1) is 11.2. The maximum absolute atomic E-state index is 5.36. The van der Waals surface area contributed by atoms with E-state index in [1.165, 1.54) is 0 Å². The first-order valence-corrected chi connectivity index (χ1v) is 4.71. The highest BCUT2D eigenvalue weighted by molar-refractivity contribution is 5.04. The van der Waals surface area contributed by atoms with Crippen LogP contribution in [0.2, 0.25) is 0 Å². The Labute approximate surface area is 83.6 Å². The van der Waals surface area contributed by atoms with Gasteiger partial charge in [0.2, 0.25) is 0 Å². The molecule has 1 rings (SSSR count). The van der Waals surface area contributed by atoms with E-state index in [1.807, 2.05) is 6.07 Å². The molecule has 0 fully saturated rings. The van der Waals surface area contributed by atoms with E-state index in [0.717, 1.165) is 24.4 Å². The lowest BCUT2D eigenvalue weighted by Gasteiger charge is -1.98. The van der Waals surface area contributed by atoms with Gasteiger partial charge in [-0.15, -0.1) is 0 Å². The molecule has 0 aliphatic carbocycles. The summed E-state index contributed by atoms with van der Waals surface area (Å²) in [6, 6.07) is 1.89. The third kappa shape index (κ3) is 3.87. The number of hydrogen-bond acceptors (Lipinski definition) is 5. The average Bonchev–Trinajstić information content (AvgIpc) is 2.61. The topological polar surface area (TPSA) is 73.3 Å². The molecule has 0 saturated carbocycles. The monoisotopic (exact) mass is 199 g/mol. The molecule has 5 heteroatoms. The fourth-order valence-electron chi connectivity index (χ4n) is 1.09. The van der Waals surface area contributed by atoms with Crippen LogP contribution in [-0.4, -0.2) is 25.4 Å². The van der Waals surface area contributed by atoms with Gasteiger partial charge >= 0.3 is 0 Å². The van der Waals surface area contributed by atoms with Gasteiger partial charge in [0.25, 0.3) is 0 Å². The molecule has 14 heavy (non-hydrogen) atoms. The normalized spacial score (nSPS) is 10.7. The molecule has 80 valence electrons. The number of hydrogen-bond donors (Lipinski definition) is 2. The summed E-state index contributed by atoms with van der Waals surface area (Å²) in [7, 11) is 1.63. The van der Waals surface area contributed by atoms with Crippen LogP contribution in [0.25, 0.3) is 0 Å². The van der Waals surface area contributed by atoms with Crippen LogP contribution in [-0.2, 0) is 17.9 Å². The fourth-order valence-corrected chi connectivity index (χ4v) is 1.09. The summed E-state index contributed by atoms with van der Waals surface area (Å²) >= 11 is 0. The fraction of sp³-hybridized carbons (Fsp3) is 0.667. The van der Waals surface area contributed by atoms with Gasteiger partial charge in [-0.25, -0.2) is 0 Å². The van der Waals surface area contributed by atoms with Gasteiger partial charge in [0.1, 0.15) is 6.61 Å². The van der Waals surface area contributed by atoms with Crippen molar-refractivity contribution in [2.45, 2.75) is 19.6 Å². The Morgan fingerprint density at radius 3 is 3.21 bits per heavy atom. The van der Waals surface area contributed by atoms with E-state index in [-0.39, 0.29) is 0 Å². The molecular formula is C9H17N3O2. The summed E-state index contributed by atoms with van der Waals surface area (Å²) in [5, 5.41) is 7.10. The maximum Gasteiger partial charge on any atom is 0.162 e. The van der Waals surface area contributed by atoms with Crippen LogP contribution in [0.1, 0.15) is 17.9 Å². The zero-order chi connectivity index (χ0) is 10.2. The SMILES string of the molecule is COCc1cc(CNCCCN)no1. The number of nitrogens with one attached hydrogen (secondary N) is 1. The van der Waals surface area contributed by atoms with Crippen molar-refractivity contribution >= 4 is 0 Å². The second kappa shape index (κ2) is 6.53. The van der Waals surface area contributed by atoms with Gasteiger partial charge in [-0.3, -0.25) is 0 Å². The predicted molar refractivity (Wildman–Crippen MR) is 52.6 cm³/mol. The summed E-state index contributed by atoms with van der Waals surface area (Å²) in [6.07, 6.45) is 0.975. The van der Waals surface area contributed by atoms with Gasteiger partial charge in [0, 0.05) is 19.7 Å². The Morgan fingerprint density at radius 1 is 1.64 bits per heavy atom. The molecule has 0 unspecified atom stereocenters. The number of nitrogens with two attached hydrogens (primary N) is 1. The Balaban J connectivity index is 2.22. The van der Waals surface area contributed by atoms with Gasteiger partial charge in [-0.2, -0.15) is 0 Å². The lowest BCUT2D eigenvalue weighted by Crippen LogP contribution is -2.17. The van der Waals surface area contributed by atoms with Gasteiger partial charge < -0.3 is 20.3 Å². The molecule has 0 atom stereocenters. The molecule has 1 aromatic rings. The highest BCUT2D eigenvalue weighted by atomic mass is 16.5. The van der Waals surface area contributed by atoms with Gasteiger partial charge in [0.05, 0.1) is 5.69 Å². The Morgan fingerprint density at radius 2 is 2.50 bits per heavy atom. The van der Waals surface area contributed by atoms with Crippen molar-refractivity contribution in [1.29, 1.82) is 0 Å². The van der Waals surface area contributed by atoms with Crippen molar-refractivity contribution in [3.05, 3.63) is 17.5 Å². The van der Waals surface area contributed by atoms with Crippen molar-refractivity contribution in [2.75, 3.05) is 20.2 Å². The molecule has 1 heterocycles. The molecule has 0 aromatic carbocycles. The van der Waals surface area contributed by atoms with E-state index in [0.29, 0.717) is 19.7 Å². The van der Waals surface area contributed by atoms with Crippen molar-refractivity contribution in [2.24, 2.45) is 5.73 Å². The minimum atomic E-state index is 0.468. The second-order valence-corrected chi connectivity index (χ2v) is 3.04. The molecule has 5 nitrogen and oxygen atoms in total. The Hall–Kier alpha value is -0.910. The van der Waals surface area contributed by atoms with Gasteiger partial charge in [-0.1, -0.05) is 5.16 Å². The largest absolute Gasteiger partial charge is 0.377 e. The van der Waals surface area contributed by atoms with Crippen LogP contribution < -0.4 is 11.1 Å². The van der Waals surface area contributed by atoms with E-state index >= 15 is 0 Å². The van der Waals surface area contributed by atoms with Crippen molar-refractivity contribution in [3.8, 4) is 0 Å². The number of methoxy groups -OCH3 is 1. The maximum atomic E-state index is 5.36. The molecule has 0 aliphatic rings. The van der Waals surface area contributed by atoms with Crippen LogP contribution >= 0.6 is 0 Å². The minimum Gasteiger partial charge on any atom is -0.377 e. The molecule has 0 radical (unpaired) electrons. The van der Waals surface area contributed by atoms with E-state index in [4.69, 9.17) is 15.0 Å². The van der Waals surface area contributed by atoms with Crippen molar-refractivity contribution in [1.82, 2.24) is 10.5 Å². The Bertz CT molecular complexity index is 250. The average molecular weight is 199 g/mol. The number of rotatable bonds is 7. The predicted octanol–water partition coefficient (Wildman–Crippen LogP) is 0.259. The molecule has 3 N–H and O–H groups in total. The van der Waals surface area contributed by atoms with Crippen molar-refractivity contribution in [3.63, 3.8) is 0 Å². The van der Waals surface area contributed by atoms with Gasteiger partial charge in [-0.05, 0) is 19.5 Å². The summed E-state index contributed by atoms with van der Waals surface area (Å²) < 4.78 is 9.94. The zero-order valence-electron chi connectivity index (χ0n) is 8.45. The van der Waals surface area contributed by atoms with Crippen LogP contribution in [0.15, 0.2) is 10.6 Å². The van der Waals surface area contributed by atoms with Crippen LogP contribution in [0, 0.1) is 0 Å².